The van der Waals surface area contributed by atoms with E-state index >= 15 is 0 Å². The van der Waals surface area contributed by atoms with E-state index in [4.69, 9.17) is 0 Å². The number of hydrogen-bond donors (Lipinski definition) is 2. The van der Waals surface area contributed by atoms with Gasteiger partial charge in [0.15, 0.2) is 0 Å². The van der Waals surface area contributed by atoms with E-state index in [2.05, 4.69) is 40.1 Å². The second-order valence-electron chi connectivity index (χ2n) is 6.85. The lowest BCUT2D eigenvalue weighted by molar-refractivity contribution is 0.486. The van der Waals surface area contributed by atoms with Gasteiger partial charge in [-0.1, -0.05) is 12.2 Å². The number of fused-ring (bicyclic) bond motifs is 2. The molecule has 1 aromatic rings. The number of nitrogens with one attached hydrogen (secondary N) is 2. The van der Waals surface area contributed by atoms with E-state index in [0.29, 0.717) is 0 Å². The molecule has 25 heavy (non-hydrogen) atoms. The molecule has 0 amide bonds. The highest BCUT2D eigenvalue weighted by molar-refractivity contribution is 6.20. The van der Waals surface area contributed by atoms with Crippen molar-refractivity contribution in [2.24, 2.45) is 5.10 Å². The average Bonchev–Trinajstić information content (AvgIpc) is 2.95. The van der Waals surface area contributed by atoms with Crippen LogP contribution in [-0.4, -0.2) is 37.3 Å². The topological polar surface area (TPSA) is 39.7 Å². The van der Waals surface area contributed by atoms with Gasteiger partial charge < -0.3 is 10.2 Å². The normalized spacial score (nSPS) is 21.0. The van der Waals surface area contributed by atoms with Gasteiger partial charge in [0.25, 0.3) is 0 Å². The second kappa shape index (κ2) is 5.43. The van der Waals surface area contributed by atoms with Crippen LogP contribution < -0.4 is 10.7 Å². The summed E-state index contributed by atoms with van der Waals surface area (Å²) in [5.74, 6) is -0.211. The highest BCUT2D eigenvalue weighted by Gasteiger charge is 2.30. The van der Waals surface area contributed by atoms with E-state index in [1.807, 2.05) is 12.2 Å². The number of hydrogen-bond acceptors (Lipinski definition) is 4. The van der Waals surface area contributed by atoms with Gasteiger partial charge in [-0.2, -0.15) is 5.10 Å². The largest absolute Gasteiger partial charge is 0.375 e. The van der Waals surface area contributed by atoms with Crippen molar-refractivity contribution in [3.8, 4) is 0 Å². The summed E-state index contributed by atoms with van der Waals surface area (Å²) in [4.78, 5) is 2.17. The lowest BCUT2D eigenvalue weighted by Crippen LogP contribution is -2.29. The fraction of sp³-hybridized carbons (Fsp3) is 0.250. The van der Waals surface area contributed by atoms with Crippen LogP contribution >= 0.6 is 0 Å². The Balaban J connectivity index is 1.75. The zero-order valence-electron chi connectivity index (χ0n) is 14.1. The highest BCUT2D eigenvalue weighted by atomic mass is 19.1. The number of nitrogens with zero attached hydrogens (tertiary/aromatic N) is 2. The SMILES string of the molecule is CN1C=C2C(=C(C3=CCNCC3)C1)NN=C1C=Cc3cc(F)cc2c31. The Labute approximate surface area is 146 Å². The summed E-state index contributed by atoms with van der Waals surface area (Å²) in [6, 6.07) is 3.21. The zero-order valence-corrected chi connectivity index (χ0v) is 14.1. The van der Waals surface area contributed by atoms with Gasteiger partial charge >= 0.3 is 0 Å². The number of rotatable bonds is 1. The fourth-order valence-electron chi connectivity index (χ4n) is 4.03. The number of benzene rings is 1. The van der Waals surface area contributed by atoms with Crippen LogP contribution in [0.15, 0.2) is 52.4 Å². The molecule has 126 valence electrons. The van der Waals surface area contributed by atoms with Crippen LogP contribution in [0.3, 0.4) is 0 Å². The minimum absolute atomic E-state index is 0.211. The molecule has 3 heterocycles. The molecule has 4 nitrogen and oxygen atoms in total. The third kappa shape index (κ3) is 2.27. The summed E-state index contributed by atoms with van der Waals surface area (Å²) in [6.45, 7) is 2.70. The summed E-state index contributed by atoms with van der Waals surface area (Å²) >= 11 is 0. The van der Waals surface area contributed by atoms with Gasteiger partial charge in [-0.3, -0.25) is 5.43 Å². The summed E-state index contributed by atoms with van der Waals surface area (Å²) in [5.41, 5.74) is 11.6. The van der Waals surface area contributed by atoms with Crippen molar-refractivity contribution in [3.63, 3.8) is 0 Å². The van der Waals surface area contributed by atoms with Crippen LogP contribution in [0.1, 0.15) is 23.1 Å². The molecule has 3 aliphatic heterocycles. The Morgan fingerprint density at radius 2 is 2.16 bits per heavy atom. The highest BCUT2D eigenvalue weighted by Crippen LogP contribution is 2.39. The third-order valence-corrected chi connectivity index (χ3v) is 5.17. The molecule has 1 aromatic carbocycles. The van der Waals surface area contributed by atoms with Gasteiger partial charge in [-0.25, -0.2) is 4.39 Å². The molecule has 2 N–H and O–H groups in total. The molecule has 0 unspecified atom stereocenters. The van der Waals surface area contributed by atoms with Crippen LogP contribution in [0.4, 0.5) is 4.39 Å². The minimum atomic E-state index is -0.211. The smallest absolute Gasteiger partial charge is 0.124 e. The van der Waals surface area contributed by atoms with Gasteiger partial charge in [0.1, 0.15) is 5.82 Å². The number of halogens is 1. The van der Waals surface area contributed by atoms with Gasteiger partial charge in [-0.15, -0.1) is 0 Å². The van der Waals surface area contributed by atoms with Crippen LogP contribution in [0.5, 0.6) is 0 Å². The van der Waals surface area contributed by atoms with E-state index in [9.17, 15) is 4.39 Å². The van der Waals surface area contributed by atoms with E-state index in [0.717, 1.165) is 59.7 Å². The van der Waals surface area contributed by atoms with Crippen LogP contribution in [0.25, 0.3) is 11.6 Å². The van der Waals surface area contributed by atoms with E-state index in [1.165, 1.54) is 11.1 Å². The molecule has 0 aromatic heterocycles. The monoisotopic (exact) mass is 334 g/mol. The first-order chi connectivity index (χ1) is 12.2. The first-order valence-corrected chi connectivity index (χ1v) is 8.62. The zero-order chi connectivity index (χ0) is 17.0. The van der Waals surface area contributed by atoms with E-state index < -0.39 is 0 Å². The molecular weight excluding hydrogens is 315 g/mol. The van der Waals surface area contributed by atoms with Crippen molar-refractivity contribution in [2.75, 3.05) is 26.7 Å². The molecule has 1 aliphatic carbocycles. The first kappa shape index (κ1) is 14.7. The molecule has 0 radical (unpaired) electrons. The minimum Gasteiger partial charge on any atom is -0.375 e. The Morgan fingerprint density at radius 1 is 1.24 bits per heavy atom. The summed E-state index contributed by atoms with van der Waals surface area (Å²) < 4.78 is 14.2. The lowest BCUT2D eigenvalue weighted by Gasteiger charge is -2.30. The maximum absolute atomic E-state index is 14.2. The Kier molecular flexibility index (Phi) is 3.18. The number of allylic oxidation sites excluding steroid dienone is 2. The summed E-state index contributed by atoms with van der Waals surface area (Å²) in [5, 5.41) is 7.98. The predicted molar refractivity (Wildman–Crippen MR) is 98.3 cm³/mol. The first-order valence-electron chi connectivity index (χ1n) is 8.62. The molecule has 5 heteroatoms. The third-order valence-electron chi connectivity index (χ3n) is 5.17. The predicted octanol–water partition coefficient (Wildman–Crippen LogP) is 2.62. The van der Waals surface area contributed by atoms with Gasteiger partial charge in [-0.05, 0) is 47.9 Å². The second-order valence-corrected chi connectivity index (χ2v) is 6.85. The van der Waals surface area contributed by atoms with Gasteiger partial charge in [0.05, 0.1) is 11.4 Å². The van der Waals surface area contributed by atoms with Gasteiger partial charge in [0.2, 0.25) is 0 Å². The number of likely N-dealkylation sites (N-methyl/N-ethyl adjacent to an activating group) is 1. The molecule has 0 bridgehead atoms. The van der Waals surface area contributed by atoms with Crippen molar-refractivity contribution in [1.29, 1.82) is 0 Å². The average molecular weight is 334 g/mol. The maximum Gasteiger partial charge on any atom is 0.124 e. The quantitative estimate of drug-likeness (QED) is 0.829. The number of hydrazone groups is 1. The van der Waals surface area contributed by atoms with E-state index in [-0.39, 0.29) is 5.82 Å². The summed E-state index contributed by atoms with van der Waals surface area (Å²) in [7, 11) is 2.07. The lowest BCUT2D eigenvalue weighted by atomic mass is 9.88. The summed E-state index contributed by atoms with van der Waals surface area (Å²) in [6.07, 6.45) is 9.23. The van der Waals surface area contributed by atoms with Crippen molar-refractivity contribution < 1.29 is 4.39 Å². The fourth-order valence-corrected chi connectivity index (χ4v) is 4.03. The molecule has 0 fully saturated rings. The van der Waals surface area contributed by atoms with Crippen LogP contribution in [0.2, 0.25) is 0 Å². The molecule has 0 saturated carbocycles. The Bertz CT molecular complexity index is 933. The standard InChI is InChI=1S/C20H19FN4/c1-25-10-16(12-4-6-22-7-5-12)20-17(11-25)15-9-14(21)8-13-2-3-18(19(13)15)23-24-20/h2-4,8-9,11,22,24H,5-7,10H2,1H3. The molecule has 4 aliphatic rings. The van der Waals surface area contributed by atoms with Crippen molar-refractivity contribution in [2.45, 2.75) is 6.42 Å². The molecule has 5 rings (SSSR count). The van der Waals surface area contributed by atoms with E-state index in [1.54, 1.807) is 12.1 Å². The molecule has 0 saturated heterocycles. The van der Waals surface area contributed by atoms with Gasteiger partial charge in [0, 0.05) is 43.0 Å². The van der Waals surface area contributed by atoms with Crippen molar-refractivity contribution in [1.82, 2.24) is 15.6 Å². The van der Waals surface area contributed by atoms with Crippen LogP contribution in [-0.2, 0) is 0 Å². The Morgan fingerprint density at radius 3 is 3.00 bits per heavy atom. The van der Waals surface area contributed by atoms with Crippen LogP contribution in [0, 0.1) is 5.82 Å². The molecular formula is C20H19FN4. The van der Waals surface area contributed by atoms with Crippen molar-refractivity contribution >= 4 is 17.4 Å². The molecule has 0 atom stereocenters. The molecule has 0 spiro atoms. The van der Waals surface area contributed by atoms with Crippen molar-refractivity contribution in [3.05, 3.63) is 69.8 Å². The Hall–Kier alpha value is -2.66. The maximum atomic E-state index is 14.2.